The van der Waals surface area contributed by atoms with Crippen molar-refractivity contribution in [2.24, 2.45) is 5.73 Å². The first-order chi connectivity index (χ1) is 17.1. The largest absolute Gasteiger partial charge is 0.368 e. The molecule has 4 rings (SSSR count). The minimum absolute atomic E-state index is 0.258. The third-order valence-electron chi connectivity index (χ3n) is 5.92. The number of sulfonamides is 1. The summed E-state index contributed by atoms with van der Waals surface area (Å²) in [7, 11) is -4.67. The number of carbonyl (C=O) groups is 2. The van der Waals surface area contributed by atoms with Crippen molar-refractivity contribution >= 4 is 33.3 Å². The number of primary amides is 1. The molecule has 0 aromatic heterocycles. The second-order valence-electron chi connectivity index (χ2n) is 8.31. The highest BCUT2D eigenvalue weighted by atomic mass is 35.5. The third kappa shape index (κ3) is 5.17. The average molecular weight is 534 g/mol. The van der Waals surface area contributed by atoms with Gasteiger partial charge in [0, 0.05) is 11.1 Å². The van der Waals surface area contributed by atoms with Crippen molar-refractivity contribution in [3.63, 3.8) is 0 Å². The van der Waals surface area contributed by atoms with Crippen molar-refractivity contribution in [3.05, 3.63) is 101 Å². The number of hydrogen-bond donors (Lipinski definition) is 2. The van der Waals surface area contributed by atoms with Crippen molar-refractivity contribution in [2.45, 2.75) is 29.4 Å². The summed E-state index contributed by atoms with van der Waals surface area (Å²) in [5.74, 6) is -3.83. The predicted molar refractivity (Wildman–Crippen MR) is 129 cm³/mol. The molecule has 1 saturated heterocycles. The molecule has 3 atom stereocenters. The van der Waals surface area contributed by atoms with E-state index in [4.69, 9.17) is 17.3 Å². The van der Waals surface area contributed by atoms with E-state index in [2.05, 4.69) is 5.32 Å². The summed E-state index contributed by atoms with van der Waals surface area (Å²) in [5.41, 5.74) is 5.58. The van der Waals surface area contributed by atoms with Gasteiger partial charge in [0.25, 0.3) is 0 Å². The predicted octanol–water partition coefficient (Wildman–Crippen LogP) is 3.51. The Bertz CT molecular complexity index is 1360. The van der Waals surface area contributed by atoms with E-state index in [-0.39, 0.29) is 21.0 Å². The molecular formula is C25H22ClF2N3O4S. The van der Waals surface area contributed by atoms with Gasteiger partial charge in [-0.05, 0) is 60.5 Å². The zero-order valence-electron chi connectivity index (χ0n) is 18.8. The second-order valence-corrected chi connectivity index (χ2v) is 10.6. The first-order valence-electron chi connectivity index (χ1n) is 11.0. The van der Waals surface area contributed by atoms with Crippen LogP contribution in [-0.4, -0.2) is 37.0 Å². The Kier molecular flexibility index (Phi) is 7.51. The number of nitrogens with two attached hydrogens (primary N) is 1. The fourth-order valence-electron chi connectivity index (χ4n) is 4.12. The number of carbonyl (C=O) groups excluding carboxylic acids is 2. The summed E-state index contributed by atoms with van der Waals surface area (Å²) in [5, 5.41) is 3.21. The molecule has 3 aromatic carbocycles. The monoisotopic (exact) mass is 533 g/mol. The topological polar surface area (TPSA) is 110 Å². The average Bonchev–Trinajstić information content (AvgIpc) is 2.77. The van der Waals surface area contributed by atoms with Gasteiger partial charge in [0.2, 0.25) is 15.9 Å². The van der Waals surface area contributed by atoms with Gasteiger partial charge in [-0.25, -0.2) is 17.2 Å². The zero-order chi connectivity index (χ0) is 26.0. The van der Waals surface area contributed by atoms with Gasteiger partial charge in [0.1, 0.15) is 23.7 Å². The van der Waals surface area contributed by atoms with Crippen LogP contribution in [0.1, 0.15) is 29.6 Å². The lowest BCUT2D eigenvalue weighted by Gasteiger charge is -2.38. The maximum atomic E-state index is 14.2. The normalized spacial score (nSPS) is 17.3. The quantitative estimate of drug-likeness (QED) is 0.437. The van der Waals surface area contributed by atoms with E-state index in [1.54, 1.807) is 18.2 Å². The molecule has 1 aliphatic rings. The Morgan fingerprint density at radius 2 is 1.53 bits per heavy atom. The van der Waals surface area contributed by atoms with Crippen LogP contribution in [0.15, 0.2) is 77.7 Å². The van der Waals surface area contributed by atoms with Crippen molar-refractivity contribution in [3.8, 4) is 0 Å². The van der Waals surface area contributed by atoms with E-state index >= 15 is 0 Å². The molecule has 11 heteroatoms. The van der Waals surface area contributed by atoms with E-state index in [1.165, 1.54) is 36.4 Å². The molecule has 3 N–H and O–H groups in total. The molecule has 3 aromatic rings. The molecule has 0 radical (unpaired) electrons. The van der Waals surface area contributed by atoms with Gasteiger partial charge < -0.3 is 11.1 Å². The van der Waals surface area contributed by atoms with E-state index in [1.807, 2.05) is 0 Å². The van der Waals surface area contributed by atoms with Gasteiger partial charge in [0.05, 0.1) is 10.9 Å². The fraction of sp³-hybridized carbons (Fsp3) is 0.200. The summed E-state index contributed by atoms with van der Waals surface area (Å²) in [6.45, 7) is 0.552. The minimum Gasteiger partial charge on any atom is -0.368 e. The van der Waals surface area contributed by atoms with Crippen LogP contribution in [0.25, 0.3) is 0 Å². The lowest BCUT2D eigenvalue weighted by molar-refractivity contribution is -0.129. The molecule has 1 fully saturated rings. The molecule has 36 heavy (non-hydrogen) atoms. The van der Waals surface area contributed by atoms with Gasteiger partial charge in [-0.2, -0.15) is 4.31 Å². The lowest BCUT2D eigenvalue weighted by atomic mass is 9.91. The van der Waals surface area contributed by atoms with Crippen LogP contribution in [0.4, 0.5) is 8.78 Å². The Morgan fingerprint density at radius 1 is 0.944 bits per heavy atom. The van der Waals surface area contributed by atoms with Gasteiger partial charge in [-0.1, -0.05) is 41.9 Å². The Labute approximate surface area is 211 Å². The van der Waals surface area contributed by atoms with Crippen LogP contribution < -0.4 is 11.1 Å². The van der Waals surface area contributed by atoms with Crippen molar-refractivity contribution in [1.29, 1.82) is 0 Å². The first-order valence-corrected chi connectivity index (χ1v) is 12.8. The Hall–Kier alpha value is -3.18. The number of Topliss-reactive ketones (excluding diaryl/α,β-unsaturated/α-hetero) is 1. The molecule has 1 aliphatic heterocycles. The molecule has 7 nitrogen and oxygen atoms in total. The van der Waals surface area contributed by atoms with E-state index < -0.39 is 51.5 Å². The van der Waals surface area contributed by atoms with Crippen LogP contribution in [0, 0.1) is 11.6 Å². The Balaban J connectivity index is 2.00. The molecule has 188 valence electrons. The van der Waals surface area contributed by atoms with E-state index in [0.29, 0.717) is 23.3 Å². The maximum absolute atomic E-state index is 14.2. The molecule has 1 heterocycles. The highest BCUT2D eigenvalue weighted by Gasteiger charge is 2.47. The highest BCUT2D eigenvalue weighted by Crippen LogP contribution is 2.39. The number of rotatable bonds is 9. The third-order valence-corrected chi connectivity index (χ3v) is 8.02. The number of hydrogen-bond acceptors (Lipinski definition) is 5. The number of benzene rings is 3. The summed E-state index contributed by atoms with van der Waals surface area (Å²) in [6, 6.07) is 11.1. The molecular weight excluding hydrogens is 512 g/mol. The van der Waals surface area contributed by atoms with Crippen LogP contribution in [0.2, 0.25) is 5.02 Å². The smallest absolute Gasteiger partial charge is 0.245 e. The first kappa shape index (κ1) is 25.9. The molecule has 1 amide bonds. The van der Waals surface area contributed by atoms with Crippen LogP contribution >= 0.6 is 11.6 Å². The number of nitrogens with one attached hydrogen (secondary N) is 1. The standard InChI is InChI=1S/C25H22ClF2N3O4S/c26-17-6-8-20(9-7-17)36(34,35)31(23(25(29)33)16-12-18(27)14-19(28)13-16)22(15-4-2-1-3-5-15)24(32)21-10-11-30-21/h1-9,12-14,21-23,30H,10-11H2,(H2,29,33). The van der Waals surface area contributed by atoms with Crippen molar-refractivity contribution in [2.75, 3.05) is 6.54 Å². The molecule has 0 aliphatic carbocycles. The van der Waals surface area contributed by atoms with E-state index in [9.17, 15) is 26.8 Å². The second kappa shape index (κ2) is 10.4. The lowest BCUT2D eigenvalue weighted by Crippen LogP contribution is -2.55. The maximum Gasteiger partial charge on any atom is 0.245 e. The van der Waals surface area contributed by atoms with Gasteiger partial charge in [0.15, 0.2) is 5.78 Å². The van der Waals surface area contributed by atoms with Gasteiger partial charge in [-0.3, -0.25) is 9.59 Å². The number of ketones is 1. The van der Waals surface area contributed by atoms with Crippen LogP contribution in [0.5, 0.6) is 0 Å². The Morgan fingerprint density at radius 3 is 2.03 bits per heavy atom. The zero-order valence-corrected chi connectivity index (χ0v) is 20.3. The van der Waals surface area contributed by atoms with Crippen molar-refractivity contribution in [1.82, 2.24) is 9.62 Å². The van der Waals surface area contributed by atoms with Gasteiger partial charge >= 0.3 is 0 Å². The molecule has 0 saturated carbocycles. The van der Waals surface area contributed by atoms with E-state index in [0.717, 1.165) is 12.1 Å². The van der Waals surface area contributed by atoms with Crippen LogP contribution in [0.3, 0.4) is 0 Å². The fourth-order valence-corrected chi connectivity index (χ4v) is 5.97. The van der Waals surface area contributed by atoms with Gasteiger partial charge in [-0.15, -0.1) is 0 Å². The number of amides is 1. The molecule has 0 spiro atoms. The molecule has 0 bridgehead atoms. The highest BCUT2D eigenvalue weighted by molar-refractivity contribution is 7.89. The SMILES string of the molecule is NC(=O)C(c1cc(F)cc(F)c1)N(C(C(=O)C1CCN1)c1ccccc1)S(=O)(=O)c1ccc(Cl)cc1. The summed E-state index contributed by atoms with van der Waals surface area (Å²) >= 11 is 5.93. The summed E-state index contributed by atoms with van der Waals surface area (Å²) in [6.07, 6.45) is 0.451. The molecule has 3 unspecified atom stereocenters. The van der Waals surface area contributed by atoms with Crippen LogP contribution in [-0.2, 0) is 19.6 Å². The summed E-state index contributed by atoms with van der Waals surface area (Å²) in [4.78, 5) is 26.2. The number of nitrogens with zero attached hydrogens (tertiary/aromatic N) is 1. The minimum atomic E-state index is -4.67. The van der Waals surface area contributed by atoms with Crippen molar-refractivity contribution < 1.29 is 26.8 Å². The summed E-state index contributed by atoms with van der Waals surface area (Å²) < 4.78 is 57.2. The number of halogens is 3.